The molecule has 154 valence electrons. The number of benzene rings is 2. The lowest BCUT2D eigenvalue weighted by molar-refractivity contribution is -0.137. The quantitative estimate of drug-likeness (QED) is 0.781. The van der Waals surface area contributed by atoms with Gasteiger partial charge < -0.3 is 14.5 Å². The second-order valence-corrected chi connectivity index (χ2v) is 7.67. The van der Waals surface area contributed by atoms with E-state index in [4.69, 9.17) is 4.74 Å². The summed E-state index contributed by atoms with van der Waals surface area (Å²) in [6.07, 6.45) is -4.12. The molecule has 0 saturated carbocycles. The molecule has 1 saturated heterocycles. The van der Waals surface area contributed by atoms with Crippen LogP contribution >= 0.6 is 0 Å². The Labute approximate surface area is 167 Å². The molecule has 0 spiro atoms. The Morgan fingerprint density at radius 1 is 1.21 bits per heavy atom. The largest absolute Gasteiger partial charge is 0.416 e. The zero-order valence-electron chi connectivity index (χ0n) is 16.2. The van der Waals surface area contributed by atoms with E-state index in [9.17, 15) is 18.0 Å². The zero-order chi connectivity index (χ0) is 20.6. The standard InChI is InChI=1S/C22H23F3N2O2/c1-26(13-15-5-3-2-4-6-15)21(28)18-12-16-11-17(22(23,24)25)7-8-19(16)27-9-10-29-14-20(18)27/h2-8,11,18,20H,9-10,12-14H2,1H3. The number of morpholine rings is 1. The highest BCUT2D eigenvalue weighted by Gasteiger charge is 2.42. The Kier molecular flexibility index (Phi) is 5.25. The van der Waals surface area contributed by atoms with Crippen LogP contribution in [0.2, 0.25) is 0 Å². The van der Waals surface area contributed by atoms with Crippen LogP contribution < -0.4 is 4.90 Å². The average Bonchev–Trinajstić information content (AvgIpc) is 2.72. The molecule has 0 aliphatic carbocycles. The van der Waals surface area contributed by atoms with Gasteiger partial charge in [-0.25, -0.2) is 0 Å². The molecule has 2 unspecified atom stereocenters. The van der Waals surface area contributed by atoms with Crippen molar-refractivity contribution >= 4 is 11.6 Å². The molecule has 2 aliphatic heterocycles. The minimum Gasteiger partial charge on any atom is -0.377 e. The molecule has 4 nitrogen and oxygen atoms in total. The lowest BCUT2D eigenvalue weighted by atomic mass is 9.83. The van der Waals surface area contributed by atoms with Crippen molar-refractivity contribution in [2.75, 3.05) is 31.7 Å². The van der Waals surface area contributed by atoms with E-state index in [1.54, 1.807) is 11.9 Å². The van der Waals surface area contributed by atoms with Crippen molar-refractivity contribution in [2.45, 2.75) is 25.2 Å². The first-order valence-corrected chi connectivity index (χ1v) is 9.68. The number of carbonyl (C=O) groups is 1. The smallest absolute Gasteiger partial charge is 0.377 e. The summed E-state index contributed by atoms with van der Waals surface area (Å²) < 4.78 is 45.2. The normalized spacial score (nSPS) is 21.3. The van der Waals surface area contributed by atoms with Crippen molar-refractivity contribution < 1.29 is 22.7 Å². The highest BCUT2D eigenvalue weighted by Crippen LogP contribution is 2.39. The maximum Gasteiger partial charge on any atom is 0.416 e. The van der Waals surface area contributed by atoms with Crippen molar-refractivity contribution in [2.24, 2.45) is 5.92 Å². The molecule has 2 atom stereocenters. The number of amides is 1. The van der Waals surface area contributed by atoms with Gasteiger partial charge >= 0.3 is 6.18 Å². The highest BCUT2D eigenvalue weighted by atomic mass is 19.4. The number of halogens is 3. The second kappa shape index (κ2) is 7.71. The Morgan fingerprint density at radius 3 is 2.69 bits per heavy atom. The Balaban J connectivity index is 1.62. The summed E-state index contributed by atoms with van der Waals surface area (Å²) in [5.41, 5.74) is 1.69. The second-order valence-electron chi connectivity index (χ2n) is 7.67. The first kappa shape index (κ1) is 19.8. The van der Waals surface area contributed by atoms with Crippen molar-refractivity contribution in [3.8, 4) is 0 Å². The van der Waals surface area contributed by atoms with Crippen LogP contribution in [-0.2, 0) is 28.7 Å². The number of hydrogen-bond donors (Lipinski definition) is 0. The molecule has 29 heavy (non-hydrogen) atoms. The van der Waals surface area contributed by atoms with Crippen LogP contribution in [0, 0.1) is 5.92 Å². The molecule has 0 aromatic heterocycles. The van der Waals surface area contributed by atoms with Gasteiger partial charge in [0.05, 0.1) is 30.7 Å². The minimum absolute atomic E-state index is 0.0718. The lowest BCUT2D eigenvalue weighted by Gasteiger charge is -2.46. The van der Waals surface area contributed by atoms with E-state index in [1.807, 2.05) is 35.2 Å². The van der Waals surface area contributed by atoms with Crippen molar-refractivity contribution in [1.29, 1.82) is 0 Å². The van der Waals surface area contributed by atoms with Gasteiger partial charge in [-0.2, -0.15) is 13.2 Å². The molecule has 2 aromatic carbocycles. The third-order valence-corrected chi connectivity index (χ3v) is 5.74. The summed E-state index contributed by atoms with van der Waals surface area (Å²) in [7, 11) is 1.74. The van der Waals surface area contributed by atoms with Crippen molar-refractivity contribution in [3.05, 3.63) is 65.2 Å². The van der Waals surface area contributed by atoms with Crippen LogP contribution in [-0.4, -0.2) is 43.7 Å². The topological polar surface area (TPSA) is 32.8 Å². The number of alkyl halides is 3. The van der Waals surface area contributed by atoms with Gasteiger partial charge in [0.25, 0.3) is 0 Å². The molecule has 0 radical (unpaired) electrons. The fourth-order valence-electron chi connectivity index (χ4n) is 4.30. The summed E-state index contributed by atoms with van der Waals surface area (Å²) in [6.45, 7) is 1.92. The predicted octanol–water partition coefficient (Wildman–Crippen LogP) is 3.74. The maximum atomic E-state index is 13.3. The summed E-state index contributed by atoms with van der Waals surface area (Å²) in [6, 6.07) is 13.3. The highest BCUT2D eigenvalue weighted by molar-refractivity contribution is 5.82. The molecule has 1 fully saturated rings. The zero-order valence-corrected chi connectivity index (χ0v) is 16.2. The van der Waals surface area contributed by atoms with E-state index in [-0.39, 0.29) is 18.4 Å². The predicted molar refractivity (Wildman–Crippen MR) is 104 cm³/mol. The maximum absolute atomic E-state index is 13.3. The molecule has 0 bridgehead atoms. The molecular weight excluding hydrogens is 381 g/mol. The van der Waals surface area contributed by atoms with Crippen molar-refractivity contribution in [3.63, 3.8) is 0 Å². The molecular formula is C22H23F3N2O2. The van der Waals surface area contributed by atoms with Gasteiger partial charge in [-0.05, 0) is 35.7 Å². The molecule has 4 rings (SSSR count). The number of ether oxygens (including phenoxy) is 1. The third kappa shape index (κ3) is 3.96. The SMILES string of the molecule is CN(Cc1ccccc1)C(=O)C1Cc2cc(C(F)(F)F)ccc2N2CCOCC12. The molecule has 7 heteroatoms. The van der Waals surface area contributed by atoms with Gasteiger partial charge in [0.2, 0.25) is 5.91 Å². The molecule has 2 heterocycles. The Hall–Kier alpha value is -2.54. The Morgan fingerprint density at radius 2 is 1.97 bits per heavy atom. The number of rotatable bonds is 3. The number of fused-ring (bicyclic) bond motifs is 3. The fraction of sp³-hybridized carbons (Fsp3) is 0.409. The van der Waals surface area contributed by atoms with Crippen LogP contribution in [0.1, 0.15) is 16.7 Å². The minimum atomic E-state index is -4.40. The molecule has 2 aromatic rings. The average molecular weight is 404 g/mol. The van der Waals surface area contributed by atoms with E-state index < -0.39 is 17.7 Å². The van der Waals surface area contributed by atoms with Gasteiger partial charge in [-0.1, -0.05) is 30.3 Å². The van der Waals surface area contributed by atoms with Crippen LogP contribution in [0.3, 0.4) is 0 Å². The van der Waals surface area contributed by atoms with Crippen LogP contribution in [0.4, 0.5) is 18.9 Å². The molecule has 0 N–H and O–H groups in total. The van der Waals surface area contributed by atoms with E-state index in [2.05, 4.69) is 0 Å². The van der Waals surface area contributed by atoms with Gasteiger partial charge in [0.15, 0.2) is 0 Å². The number of carbonyl (C=O) groups excluding carboxylic acids is 1. The summed E-state index contributed by atoms with van der Waals surface area (Å²) in [5, 5.41) is 0. The van der Waals surface area contributed by atoms with E-state index in [0.717, 1.165) is 17.3 Å². The van der Waals surface area contributed by atoms with Crippen LogP contribution in [0.25, 0.3) is 0 Å². The van der Waals surface area contributed by atoms with E-state index >= 15 is 0 Å². The summed E-state index contributed by atoms with van der Waals surface area (Å²) in [5.74, 6) is -0.516. The van der Waals surface area contributed by atoms with Crippen molar-refractivity contribution in [1.82, 2.24) is 4.90 Å². The monoisotopic (exact) mass is 404 g/mol. The van der Waals surface area contributed by atoms with Gasteiger partial charge in [0.1, 0.15) is 0 Å². The van der Waals surface area contributed by atoms with Gasteiger partial charge in [-0.15, -0.1) is 0 Å². The van der Waals surface area contributed by atoms with Gasteiger partial charge in [-0.3, -0.25) is 4.79 Å². The number of anilines is 1. The van der Waals surface area contributed by atoms with Gasteiger partial charge in [0, 0.05) is 25.8 Å². The number of nitrogens with zero attached hydrogens (tertiary/aromatic N) is 2. The lowest BCUT2D eigenvalue weighted by Crippen LogP contribution is -2.56. The fourth-order valence-corrected chi connectivity index (χ4v) is 4.30. The van der Waals surface area contributed by atoms with Crippen LogP contribution in [0.15, 0.2) is 48.5 Å². The summed E-state index contributed by atoms with van der Waals surface area (Å²) in [4.78, 5) is 17.0. The first-order chi connectivity index (χ1) is 13.8. The van der Waals surface area contributed by atoms with E-state index in [0.29, 0.717) is 31.9 Å². The number of hydrogen-bond acceptors (Lipinski definition) is 3. The molecule has 2 aliphatic rings. The first-order valence-electron chi connectivity index (χ1n) is 9.68. The molecule has 1 amide bonds. The van der Waals surface area contributed by atoms with Crippen LogP contribution in [0.5, 0.6) is 0 Å². The third-order valence-electron chi connectivity index (χ3n) is 5.74. The van der Waals surface area contributed by atoms with E-state index in [1.165, 1.54) is 12.1 Å². The Bertz CT molecular complexity index is 885. The summed E-state index contributed by atoms with van der Waals surface area (Å²) >= 11 is 0.